The fourth-order valence-electron chi connectivity index (χ4n) is 4.27. The molecule has 1 amide bonds. The second-order valence-corrected chi connectivity index (χ2v) is 8.05. The van der Waals surface area contributed by atoms with Crippen LogP contribution in [-0.2, 0) is 24.3 Å². The summed E-state index contributed by atoms with van der Waals surface area (Å²) in [6.07, 6.45) is 6.64. The van der Waals surface area contributed by atoms with Crippen molar-refractivity contribution in [2.75, 3.05) is 0 Å². The van der Waals surface area contributed by atoms with Crippen molar-refractivity contribution in [1.29, 1.82) is 0 Å². The summed E-state index contributed by atoms with van der Waals surface area (Å²) in [6.45, 7) is 5.08. The summed E-state index contributed by atoms with van der Waals surface area (Å²) in [5.41, 5.74) is 2.91. The molecule has 4 nitrogen and oxygen atoms in total. The number of halogens is 1. The molecule has 0 aliphatic heterocycles. The third-order valence-corrected chi connectivity index (χ3v) is 6.11. The predicted molar refractivity (Wildman–Crippen MR) is 118 cm³/mol. The Hall–Kier alpha value is -2.59. The molecule has 3 aromatic rings. The highest BCUT2D eigenvalue weighted by molar-refractivity contribution is 6.31. The number of aromatic nitrogens is 2. The van der Waals surface area contributed by atoms with E-state index in [1.54, 1.807) is 0 Å². The average molecular weight is 408 g/mol. The van der Waals surface area contributed by atoms with Crippen LogP contribution >= 0.6 is 11.6 Å². The molecule has 1 saturated carbocycles. The number of rotatable bonds is 7. The number of para-hydroxylation sites is 2. The van der Waals surface area contributed by atoms with Crippen LogP contribution in [0.25, 0.3) is 11.0 Å². The minimum absolute atomic E-state index is 0.113. The molecular weight excluding hydrogens is 382 g/mol. The van der Waals surface area contributed by atoms with Crippen LogP contribution in [0.3, 0.4) is 0 Å². The van der Waals surface area contributed by atoms with Gasteiger partial charge < -0.3 is 9.47 Å². The van der Waals surface area contributed by atoms with Crippen LogP contribution in [0.4, 0.5) is 0 Å². The number of fused-ring (bicyclic) bond motifs is 1. The van der Waals surface area contributed by atoms with Gasteiger partial charge in [0.2, 0.25) is 5.91 Å². The Morgan fingerprint density at radius 2 is 1.90 bits per heavy atom. The van der Waals surface area contributed by atoms with Crippen LogP contribution in [0, 0.1) is 0 Å². The van der Waals surface area contributed by atoms with E-state index in [4.69, 9.17) is 16.6 Å². The Kier molecular flexibility index (Phi) is 6.00. The van der Waals surface area contributed by atoms with E-state index in [0.29, 0.717) is 24.5 Å². The van der Waals surface area contributed by atoms with E-state index in [0.717, 1.165) is 35.3 Å². The first-order valence-electron chi connectivity index (χ1n) is 10.3. The number of benzene rings is 2. The number of hydrogen-bond donors (Lipinski definition) is 0. The highest BCUT2D eigenvalue weighted by atomic mass is 35.5. The van der Waals surface area contributed by atoms with Crippen molar-refractivity contribution < 1.29 is 4.79 Å². The van der Waals surface area contributed by atoms with E-state index in [9.17, 15) is 4.79 Å². The van der Waals surface area contributed by atoms with Crippen molar-refractivity contribution in [2.45, 2.75) is 51.2 Å². The van der Waals surface area contributed by atoms with Gasteiger partial charge in [0.1, 0.15) is 5.82 Å². The molecule has 1 aromatic heterocycles. The van der Waals surface area contributed by atoms with Crippen LogP contribution in [0.15, 0.2) is 61.2 Å². The predicted octanol–water partition coefficient (Wildman–Crippen LogP) is 5.39. The summed E-state index contributed by atoms with van der Waals surface area (Å²) in [4.78, 5) is 20.2. The molecule has 2 aromatic carbocycles. The highest BCUT2D eigenvalue weighted by Gasteiger charge is 2.28. The summed E-state index contributed by atoms with van der Waals surface area (Å²) in [5, 5.41) is 0.645. The quantitative estimate of drug-likeness (QED) is 0.492. The zero-order chi connectivity index (χ0) is 20.2. The van der Waals surface area contributed by atoms with Gasteiger partial charge in [-0.05, 0) is 36.6 Å². The van der Waals surface area contributed by atoms with Crippen LogP contribution in [-0.4, -0.2) is 26.4 Å². The largest absolute Gasteiger partial charge is 0.332 e. The first kappa shape index (κ1) is 19.7. The second-order valence-electron chi connectivity index (χ2n) is 7.64. The van der Waals surface area contributed by atoms with Gasteiger partial charge >= 0.3 is 0 Å². The lowest BCUT2D eigenvalue weighted by Gasteiger charge is -2.29. The molecule has 5 heteroatoms. The van der Waals surface area contributed by atoms with Gasteiger partial charge in [-0.2, -0.15) is 0 Å². The van der Waals surface area contributed by atoms with Crippen molar-refractivity contribution in [3.63, 3.8) is 0 Å². The fraction of sp³-hybridized carbons (Fsp3) is 0.333. The Morgan fingerprint density at radius 3 is 2.66 bits per heavy atom. The van der Waals surface area contributed by atoms with E-state index in [1.165, 1.54) is 12.8 Å². The van der Waals surface area contributed by atoms with Crippen molar-refractivity contribution in [2.24, 2.45) is 0 Å². The second kappa shape index (κ2) is 8.83. The van der Waals surface area contributed by atoms with Crippen molar-refractivity contribution in [3.8, 4) is 0 Å². The van der Waals surface area contributed by atoms with Crippen molar-refractivity contribution >= 4 is 28.5 Å². The number of amides is 1. The molecule has 0 saturated heterocycles. The number of imidazole rings is 1. The maximum Gasteiger partial charge on any atom is 0.227 e. The Labute approximate surface area is 176 Å². The SMILES string of the molecule is C=CCn1c(CN(C(=O)Cc2ccccc2Cl)C2CCCC2)nc2ccccc21. The standard InChI is InChI=1S/C24H26ClN3O/c1-2-15-27-22-14-8-7-13-21(22)26-23(27)17-28(19-10-4-5-11-19)24(29)16-18-9-3-6-12-20(18)25/h2-3,6-9,12-14,19H,1,4-5,10-11,15-17H2. The van der Waals surface area contributed by atoms with Gasteiger partial charge in [0.25, 0.3) is 0 Å². The van der Waals surface area contributed by atoms with Crippen molar-refractivity contribution in [1.82, 2.24) is 14.5 Å². The molecule has 0 unspecified atom stereocenters. The van der Waals surface area contributed by atoms with E-state index in [-0.39, 0.29) is 11.9 Å². The maximum atomic E-state index is 13.4. The van der Waals surface area contributed by atoms with Gasteiger partial charge in [-0.25, -0.2) is 4.98 Å². The minimum atomic E-state index is 0.113. The van der Waals surface area contributed by atoms with Crippen molar-refractivity contribution in [3.05, 3.63) is 77.6 Å². The number of allylic oxidation sites excluding steroid dienone is 1. The summed E-state index contributed by atoms with van der Waals surface area (Å²) in [6, 6.07) is 16.0. The van der Waals surface area contributed by atoms with Crippen LogP contribution in [0.5, 0.6) is 0 Å². The smallest absolute Gasteiger partial charge is 0.227 e. The Morgan fingerprint density at radius 1 is 1.17 bits per heavy atom. The molecule has 0 radical (unpaired) electrons. The molecule has 29 heavy (non-hydrogen) atoms. The molecule has 1 aliphatic rings. The molecule has 1 fully saturated rings. The number of hydrogen-bond acceptors (Lipinski definition) is 2. The van der Waals surface area contributed by atoms with E-state index >= 15 is 0 Å². The van der Waals surface area contributed by atoms with Gasteiger partial charge in [-0.15, -0.1) is 6.58 Å². The summed E-state index contributed by atoms with van der Waals surface area (Å²) in [5.74, 6) is 1.02. The normalized spacial score (nSPS) is 14.4. The number of carbonyl (C=O) groups excluding carboxylic acids is 1. The maximum absolute atomic E-state index is 13.4. The first-order valence-corrected chi connectivity index (χ1v) is 10.6. The first-order chi connectivity index (χ1) is 14.2. The zero-order valence-electron chi connectivity index (χ0n) is 16.6. The summed E-state index contributed by atoms with van der Waals surface area (Å²) >= 11 is 6.31. The molecule has 4 rings (SSSR count). The Bertz CT molecular complexity index is 1020. The lowest BCUT2D eigenvalue weighted by molar-refractivity contribution is -0.133. The Balaban J connectivity index is 1.65. The summed E-state index contributed by atoms with van der Waals surface area (Å²) < 4.78 is 2.16. The minimum Gasteiger partial charge on any atom is -0.332 e. The molecule has 0 atom stereocenters. The third kappa shape index (κ3) is 4.23. The molecule has 0 bridgehead atoms. The fourth-order valence-corrected chi connectivity index (χ4v) is 4.48. The molecule has 1 heterocycles. The number of nitrogens with zero attached hydrogens (tertiary/aromatic N) is 3. The lowest BCUT2D eigenvalue weighted by Crippen LogP contribution is -2.40. The van der Waals surface area contributed by atoms with E-state index < -0.39 is 0 Å². The highest BCUT2D eigenvalue weighted by Crippen LogP contribution is 2.27. The third-order valence-electron chi connectivity index (χ3n) is 5.74. The van der Waals surface area contributed by atoms with Gasteiger partial charge in [-0.3, -0.25) is 4.79 Å². The summed E-state index contributed by atoms with van der Waals surface area (Å²) in [7, 11) is 0. The van der Waals surface area contributed by atoms with Crippen LogP contribution in [0.2, 0.25) is 5.02 Å². The molecule has 1 aliphatic carbocycles. The van der Waals surface area contributed by atoms with Crippen LogP contribution < -0.4 is 0 Å². The molecule has 0 N–H and O–H groups in total. The van der Waals surface area contributed by atoms with Crippen LogP contribution in [0.1, 0.15) is 37.1 Å². The average Bonchev–Trinajstić information content (AvgIpc) is 3.37. The van der Waals surface area contributed by atoms with Gasteiger partial charge in [-0.1, -0.05) is 60.9 Å². The zero-order valence-corrected chi connectivity index (χ0v) is 17.3. The monoisotopic (exact) mass is 407 g/mol. The number of carbonyl (C=O) groups is 1. The van der Waals surface area contributed by atoms with Gasteiger partial charge in [0.15, 0.2) is 0 Å². The van der Waals surface area contributed by atoms with Gasteiger partial charge in [0.05, 0.1) is 24.0 Å². The van der Waals surface area contributed by atoms with Gasteiger partial charge in [0, 0.05) is 17.6 Å². The lowest BCUT2D eigenvalue weighted by atomic mass is 10.1. The van der Waals surface area contributed by atoms with E-state index in [1.807, 2.05) is 53.4 Å². The molecule has 0 spiro atoms. The molecular formula is C24H26ClN3O. The van der Waals surface area contributed by atoms with E-state index in [2.05, 4.69) is 17.2 Å². The topological polar surface area (TPSA) is 38.1 Å². The molecule has 150 valence electrons.